The average molecular weight is 1220 g/mol. The zero-order valence-electron chi connectivity index (χ0n) is 53.1. The Hall–Kier alpha value is -11.0. The quantitative estimate of drug-likeness (QED) is 0.0944. The van der Waals surface area contributed by atoms with E-state index >= 15 is 0 Å². The molecular formula is C86H78N8. The second-order valence-electron chi connectivity index (χ2n) is 25.3. The Balaban J connectivity index is 0.921. The lowest BCUT2D eigenvalue weighted by Gasteiger charge is -2.36. The molecular weight excluding hydrogens is 1150 g/mol. The standard InChI is InChI=1S/C86H78N8/c1-9-29-65(30-10-1)87(66-31-11-2-12-32-66)73-49-57-77(58-50-73)91-81-45-25-26-46-82(81)92(78-59-51-74(52-60-78)88(67-33-13-3-14-34-67)68-35-15-4-16-36-68)85(91)86-93(79-61-53-75(54-62-79)89(69-37-17-5-18-38-69)70-39-19-6-20-40-70)83-47-27-28-48-84(83)94(86)80-63-55-76(56-64-80)90(71-41-21-7-22-42-71)72-43-23-8-24-44-72/h1-23,29-43,49-64,81-84H,24-28,44-48H2. The molecule has 5 aliphatic rings. The Bertz CT molecular complexity index is 4140. The van der Waals surface area contributed by atoms with Crippen molar-refractivity contribution in [3.05, 3.63) is 345 Å². The molecule has 4 fully saturated rings. The molecule has 16 rings (SSSR count). The van der Waals surface area contributed by atoms with Gasteiger partial charge >= 0.3 is 0 Å². The van der Waals surface area contributed by atoms with Crippen LogP contribution in [0.25, 0.3) is 0 Å². The van der Waals surface area contributed by atoms with Crippen LogP contribution in [0.2, 0.25) is 0 Å². The molecule has 4 unspecified atom stereocenters. The Labute approximate surface area is 554 Å². The van der Waals surface area contributed by atoms with Crippen molar-refractivity contribution in [1.82, 2.24) is 0 Å². The zero-order valence-corrected chi connectivity index (χ0v) is 53.1. The highest BCUT2D eigenvalue weighted by Crippen LogP contribution is 2.53. The maximum atomic E-state index is 2.81. The van der Waals surface area contributed by atoms with Crippen molar-refractivity contribution in [2.45, 2.75) is 88.4 Å². The van der Waals surface area contributed by atoms with Gasteiger partial charge in [-0.3, -0.25) is 0 Å². The van der Waals surface area contributed by atoms with Gasteiger partial charge in [0, 0.05) is 91.0 Å². The summed E-state index contributed by atoms with van der Waals surface area (Å²) in [7, 11) is 0. The lowest BCUT2D eigenvalue weighted by atomic mass is 9.89. The van der Waals surface area contributed by atoms with E-state index in [0.29, 0.717) is 0 Å². The summed E-state index contributed by atoms with van der Waals surface area (Å²) in [6.45, 7) is 0. The Morgan fingerprint density at radius 3 is 0.670 bits per heavy atom. The highest BCUT2D eigenvalue weighted by Gasteiger charge is 2.54. The first-order valence-electron chi connectivity index (χ1n) is 33.9. The largest absolute Gasteiger partial charge is 0.320 e. The number of hydrogen-bond acceptors (Lipinski definition) is 8. The molecule has 8 nitrogen and oxygen atoms in total. The fourth-order valence-electron chi connectivity index (χ4n) is 15.6. The van der Waals surface area contributed by atoms with Crippen LogP contribution in [0.3, 0.4) is 0 Å². The number of nitrogens with zero attached hydrogens (tertiary/aromatic N) is 8. The van der Waals surface area contributed by atoms with E-state index in [1.54, 1.807) is 0 Å². The first kappa shape index (κ1) is 58.1. The van der Waals surface area contributed by atoms with Gasteiger partial charge in [0.2, 0.25) is 0 Å². The maximum absolute atomic E-state index is 2.81. The van der Waals surface area contributed by atoms with E-state index in [1.807, 2.05) is 0 Å². The van der Waals surface area contributed by atoms with Crippen LogP contribution in [0.1, 0.15) is 64.2 Å². The van der Waals surface area contributed by atoms with Crippen molar-refractivity contribution in [2.75, 3.05) is 39.2 Å². The second kappa shape index (κ2) is 26.3. The summed E-state index contributed by atoms with van der Waals surface area (Å²) < 4.78 is 0. The molecule has 94 heavy (non-hydrogen) atoms. The van der Waals surface area contributed by atoms with Crippen LogP contribution >= 0.6 is 0 Å². The summed E-state index contributed by atoms with van der Waals surface area (Å²) in [6.07, 6.45) is 17.7. The fraction of sp³-hybridized carbons (Fsp3) is 0.163. The van der Waals surface area contributed by atoms with Crippen molar-refractivity contribution >= 4 is 85.3 Å². The lowest BCUT2D eigenvalue weighted by molar-refractivity contribution is 0.409. The molecule has 2 heterocycles. The van der Waals surface area contributed by atoms with Crippen molar-refractivity contribution in [3.63, 3.8) is 0 Å². The highest BCUT2D eigenvalue weighted by molar-refractivity contribution is 5.84. The van der Waals surface area contributed by atoms with E-state index in [2.05, 4.69) is 367 Å². The van der Waals surface area contributed by atoms with Crippen LogP contribution in [0.15, 0.2) is 345 Å². The normalized spacial score (nSPS) is 18.3. The molecule has 2 aliphatic heterocycles. The van der Waals surface area contributed by atoms with E-state index in [-0.39, 0.29) is 24.2 Å². The summed E-state index contributed by atoms with van der Waals surface area (Å²) >= 11 is 0. The monoisotopic (exact) mass is 1220 g/mol. The van der Waals surface area contributed by atoms with Crippen LogP contribution < -0.4 is 39.2 Å². The van der Waals surface area contributed by atoms with Crippen molar-refractivity contribution in [1.29, 1.82) is 0 Å². The third kappa shape index (κ3) is 11.2. The Kier molecular flexibility index (Phi) is 16.3. The molecule has 0 N–H and O–H groups in total. The number of rotatable bonds is 16. The minimum Gasteiger partial charge on any atom is -0.320 e. The molecule has 11 aromatic rings. The number of hydrogen-bond donors (Lipinski definition) is 0. The van der Waals surface area contributed by atoms with Crippen LogP contribution in [-0.2, 0) is 0 Å². The predicted octanol–water partition coefficient (Wildman–Crippen LogP) is 22.6. The summed E-state index contributed by atoms with van der Waals surface area (Å²) in [4.78, 5) is 20.8. The summed E-state index contributed by atoms with van der Waals surface area (Å²) in [5.74, 6) is 2.46. The van der Waals surface area contributed by atoms with E-state index in [0.717, 1.165) is 121 Å². The number of para-hydroxylation sites is 7. The van der Waals surface area contributed by atoms with Gasteiger partial charge in [-0.05, 0) is 227 Å². The molecule has 0 amide bonds. The zero-order chi connectivity index (χ0) is 62.6. The molecule has 0 spiro atoms. The number of allylic oxidation sites excluding steroid dienone is 4. The first-order chi connectivity index (χ1) is 46.7. The smallest absolute Gasteiger partial charge is 0.156 e. The van der Waals surface area contributed by atoms with Crippen LogP contribution in [-0.4, -0.2) is 24.2 Å². The summed E-state index contributed by atoms with van der Waals surface area (Å²) in [5, 5.41) is 0. The Morgan fingerprint density at radius 2 is 0.447 bits per heavy atom. The van der Waals surface area contributed by atoms with Gasteiger partial charge in [-0.25, -0.2) is 0 Å². The number of benzene rings is 11. The van der Waals surface area contributed by atoms with Gasteiger partial charge in [0.25, 0.3) is 0 Å². The van der Waals surface area contributed by atoms with Crippen molar-refractivity contribution < 1.29 is 0 Å². The number of anilines is 15. The molecule has 11 aromatic carbocycles. The third-order valence-corrected chi connectivity index (χ3v) is 19.8. The molecule has 8 heteroatoms. The van der Waals surface area contributed by atoms with Gasteiger partial charge in [-0.15, -0.1) is 0 Å². The summed E-state index contributed by atoms with van der Waals surface area (Å²) in [5.41, 5.74) is 18.5. The van der Waals surface area contributed by atoms with E-state index in [4.69, 9.17) is 0 Å². The Morgan fingerprint density at radius 1 is 0.234 bits per heavy atom. The first-order valence-corrected chi connectivity index (χ1v) is 33.9. The third-order valence-electron chi connectivity index (χ3n) is 19.8. The molecule has 2 saturated carbocycles. The van der Waals surface area contributed by atoms with Crippen LogP contribution in [0.4, 0.5) is 85.3 Å². The van der Waals surface area contributed by atoms with E-state index in [9.17, 15) is 0 Å². The molecule has 3 aliphatic carbocycles. The van der Waals surface area contributed by atoms with Gasteiger partial charge in [0.05, 0.1) is 24.2 Å². The molecule has 0 aromatic heterocycles. The minimum absolute atomic E-state index is 0.185. The average Bonchev–Trinajstić information content (AvgIpc) is 1.54. The van der Waals surface area contributed by atoms with Crippen molar-refractivity contribution in [3.8, 4) is 0 Å². The number of fused-ring (bicyclic) bond motifs is 2. The summed E-state index contributed by atoms with van der Waals surface area (Å²) in [6, 6.07) is 115. The van der Waals surface area contributed by atoms with E-state index < -0.39 is 0 Å². The highest BCUT2D eigenvalue weighted by atomic mass is 15.5. The molecule has 0 radical (unpaired) electrons. The molecule has 0 bridgehead atoms. The lowest BCUT2D eigenvalue weighted by Crippen LogP contribution is -2.40. The van der Waals surface area contributed by atoms with Gasteiger partial charge in [-0.1, -0.05) is 165 Å². The van der Waals surface area contributed by atoms with E-state index in [1.165, 1.54) is 45.8 Å². The van der Waals surface area contributed by atoms with Crippen LogP contribution in [0, 0.1) is 0 Å². The topological polar surface area (TPSA) is 25.9 Å². The van der Waals surface area contributed by atoms with Crippen LogP contribution in [0.5, 0.6) is 0 Å². The van der Waals surface area contributed by atoms with Crippen molar-refractivity contribution in [2.24, 2.45) is 0 Å². The maximum Gasteiger partial charge on any atom is 0.156 e. The van der Waals surface area contributed by atoms with Gasteiger partial charge in [-0.2, -0.15) is 0 Å². The molecule has 2 saturated heterocycles. The van der Waals surface area contributed by atoms with Gasteiger partial charge in [0.1, 0.15) is 0 Å². The molecule has 462 valence electrons. The SMILES string of the molecule is C1=CCCC(N(c2ccccc2)c2ccc(N3C(=C4N(c5ccc(N(c6ccccc6)c6ccccc6)cc5)C5CCCCC5N4c4ccc(N(c5ccccc5)c5ccccc5)cc4)N(c4ccc(N(c5ccccc5)c5ccccc5)cc4)C4CCCCC43)cc2)=C1. The fourth-order valence-corrected chi connectivity index (χ4v) is 15.6. The predicted molar refractivity (Wildman–Crippen MR) is 394 cm³/mol. The van der Waals surface area contributed by atoms with Gasteiger partial charge < -0.3 is 39.2 Å². The molecule has 4 atom stereocenters. The minimum atomic E-state index is 0.185. The second-order valence-corrected chi connectivity index (χ2v) is 25.3. The van der Waals surface area contributed by atoms with Gasteiger partial charge in [0.15, 0.2) is 11.6 Å².